The molecule has 1 rings (SSSR count). The maximum absolute atomic E-state index is 10.9. The van der Waals surface area contributed by atoms with Crippen molar-refractivity contribution in [2.24, 2.45) is 0 Å². The number of aromatic nitrogens is 2. The summed E-state index contributed by atoms with van der Waals surface area (Å²) < 4.78 is 0. The summed E-state index contributed by atoms with van der Waals surface area (Å²) in [7, 11) is 0. The first-order valence-corrected chi connectivity index (χ1v) is 5.49. The summed E-state index contributed by atoms with van der Waals surface area (Å²) >= 11 is 0. The molecule has 94 valence electrons. The van der Waals surface area contributed by atoms with Crippen molar-refractivity contribution >= 4 is 11.8 Å². The Kier molecular flexibility index (Phi) is 3.40. The van der Waals surface area contributed by atoms with Gasteiger partial charge in [0.2, 0.25) is 0 Å². The molecular weight excluding hydrogens is 218 g/mol. The highest BCUT2D eigenvalue weighted by Gasteiger charge is 2.27. The fraction of sp³-hybridized carbons (Fsp3) is 0.583. The first kappa shape index (κ1) is 13.4. The van der Waals surface area contributed by atoms with Crippen LogP contribution in [0.2, 0.25) is 0 Å². The van der Waals surface area contributed by atoms with Crippen LogP contribution in [0.15, 0.2) is 12.1 Å². The van der Waals surface area contributed by atoms with E-state index in [9.17, 15) is 4.79 Å². The summed E-state index contributed by atoms with van der Waals surface area (Å²) in [6.07, 6.45) is 0. The molecule has 0 atom stereocenters. The molecule has 0 saturated heterocycles. The maximum atomic E-state index is 10.9. The van der Waals surface area contributed by atoms with E-state index in [1.165, 1.54) is 0 Å². The first-order chi connectivity index (χ1) is 7.63. The van der Waals surface area contributed by atoms with Gasteiger partial charge in [-0.25, -0.2) is 4.79 Å². The Hall–Kier alpha value is -1.65. The first-order valence-electron chi connectivity index (χ1n) is 5.49. The molecule has 0 aromatic carbocycles. The zero-order valence-electron chi connectivity index (χ0n) is 10.9. The van der Waals surface area contributed by atoms with Gasteiger partial charge in [0.1, 0.15) is 11.4 Å². The van der Waals surface area contributed by atoms with Crippen molar-refractivity contribution in [3.05, 3.63) is 17.8 Å². The van der Waals surface area contributed by atoms with Gasteiger partial charge in [-0.05, 0) is 26.0 Å². The largest absolute Gasteiger partial charge is 0.480 e. The van der Waals surface area contributed by atoms with E-state index in [0.717, 1.165) is 5.69 Å². The molecule has 0 unspecified atom stereocenters. The lowest BCUT2D eigenvalue weighted by molar-refractivity contribution is -0.141. The second-order valence-corrected chi connectivity index (χ2v) is 5.61. The summed E-state index contributed by atoms with van der Waals surface area (Å²) in [4.78, 5) is 10.9. The molecule has 0 amide bonds. The maximum Gasteiger partial charge on any atom is 0.328 e. The van der Waals surface area contributed by atoms with Crippen LogP contribution in [-0.2, 0) is 10.2 Å². The number of carboxylic acid groups (broad SMARTS) is 1. The predicted molar refractivity (Wildman–Crippen MR) is 66.1 cm³/mol. The molecule has 0 bridgehead atoms. The standard InChI is InChI=1S/C12H19N3O2/c1-11(2,3)8-6-7-9(15-14-8)13-12(4,5)10(16)17/h6-7H,1-5H3,(H,13,15)(H,16,17). The zero-order valence-corrected chi connectivity index (χ0v) is 10.9. The van der Waals surface area contributed by atoms with E-state index in [1.807, 2.05) is 26.8 Å². The van der Waals surface area contributed by atoms with Crippen LogP contribution in [0.1, 0.15) is 40.3 Å². The molecule has 2 N–H and O–H groups in total. The van der Waals surface area contributed by atoms with E-state index in [0.29, 0.717) is 5.82 Å². The van der Waals surface area contributed by atoms with Crippen molar-refractivity contribution < 1.29 is 9.90 Å². The quantitative estimate of drug-likeness (QED) is 0.841. The van der Waals surface area contributed by atoms with E-state index in [2.05, 4.69) is 15.5 Å². The molecule has 0 saturated carbocycles. The van der Waals surface area contributed by atoms with Gasteiger partial charge in [-0.3, -0.25) is 0 Å². The molecule has 0 aliphatic carbocycles. The van der Waals surface area contributed by atoms with Crippen molar-refractivity contribution in [3.63, 3.8) is 0 Å². The van der Waals surface area contributed by atoms with E-state index < -0.39 is 11.5 Å². The van der Waals surface area contributed by atoms with Crippen LogP contribution in [0.5, 0.6) is 0 Å². The van der Waals surface area contributed by atoms with Crippen LogP contribution in [0.4, 0.5) is 5.82 Å². The number of hydrogen-bond donors (Lipinski definition) is 2. The third-order valence-electron chi connectivity index (χ3n) is 2.41. The predicted octanol–water partition coefficient (Wildman–Crippen LogP) is 2.05. The average Bonchev–Trinajstić information content (AvgIpc) is 2.16. The third kappa shape index (κ3) is 3.41. The molecule has 0 fully saturated rings. The topological polar surface area (TPSA) is 75.1 Å². The lowest BCUT2D eigenvalue weighted by atomic mass is 9.92. The molecule has 17 heavy (non-hydrogen) atoms. The number of nitrogens with zero attached hydrogens (tertiary/aromatic N) is 2. The van der Waals surface area contributed by atoms with Crippen LogP contribution in [0.25, 0.3) is 0 Å². The third-order valence-corrected chi connectivity index (χ3v) is 2.41. The molecule has 0 aliphatic rings. The van der Waals surface area contributed by atoms with Gasteiger partial charge in [0.05, 0.1) is 5.69 Å². The molecule has 1 heterocycles. The summed E-state index contributed by atoms with van der Waals surface area (Å²) in [6.45, 7) is 9.30. The van der Waals surface area contributed by atoms with Gasteiger partial charge < -0.3 is 10.4 Å². The molecule has 0 radical (unpaired) electrons. The van der Waals surface area contributed by atoms with Gasteiger partial charge in [0.15, 0.2) is 0 Å². The van der Waals surface area contributed by atoms with Crippen molar-refractivity contribution in [2.75, 3.05) is 5.32 Å². The highest BCUT2D eigenvalue weighted by atomic mass is 16.4. The second-order valence-electron chi connectivity index (χ2n) is 5.61. The molecule has 5 nitrogen and oxygen atoms in total. The van der Waals surface area contributed by atoms with Crippen molar-refractivity contribution in [1.29, 1.82) is 0 Å². The SMILES string of the molecule is CC(C)(Nc1ccc(C(C)(C)C)nn1)C(=O)O. The molecule has 0 aliphatic heterocycles. The number of aliphatic carboxylic acids is 1. The molecule has 1 aromatic rings. The Labute approximate surface area is 101 Å². The Balaban J connectivity index is 2.86. The highest BCUT2D eigenvalue weighted by Crippen LogP contribution is 2.20. The fourth-order valence-electron chi connectivity index (χ4n) is 1.17. The highest BCUT2D eigenvalue weighted by molar-refractivity contribution is 5.81. The Bertz CT molecular complexity index is 405. The van der Waals surface area contributed by atoms with Crippen molar-refractivity contribution in [2.45, 2.75) is 45.6 Å². The lowest BCUT2D eigenvalue weighted by Gasteiger charge is -2.22. The molecular formula is C12H19N3O2. The van der Waals surface area contributed by atoms with Gasteiger partial charge >= 0.3 is 5.97 Å². The second kappa shape index (κ2) is 4.31. The van der Waals surface area contributed by atoms with Crippen LogP contribution in [-0.4, -0.2) is 26.8 Å². The summed E-state index contributed by atoms with van der Waals surface area (Å²) in [6, 6.07) is 3.60. The minimum absolute atomic E-state index is 0.0617. The van der Waals surface area contributed by atoms with Crippen molar-refractivity contribution in [3.8, 4) is 0 Å². The van der Waals surface area contributed by atoms with E-state index in [1.54, 1.807) is 19.9 Å². The Morgan fingerprint density at radius 3 is 2.12 bits per heavy atom. The Morgan fingerprint density at radius 2 is 1.76 bits per heavy atom. The number of rotatable bonds is 3. The van der Waals surface area contributed by atoms with Gasteiger partial charge in [0.25, 0.3) is 0 Å². The smallest absolute Gasteiger partial charge is 0.328 e. The van der Waals surface area contributed by atoms with Crippen LogP contribution in [0.3, 0.4) is 0 Å². The van der Waals surface area contributed by atoms with Gasteiger partial charge in [-0.1, -0.05) is 20.8 Å². The number of carbonyl (C=O) groups is 1. The van der Waals surface area contributed by atoms with Gasteiger partial charge in [-0.2, -0.15) is 5.10 Å². The lowest BCUT2D eigenvalue weighted by Crippen LogP contribution is -2.40. The van der Waals surface area contributed by atoms with Crippen LogP contribution < -0.4 is 5.32 Å². The number of carboxylic acids is 1. The number of anilines is 1. The summed E-state index contributed by atoms with van der Waals surface area (Å²) in [5, 5.41) is 19.9. The van der Waals surface area contributed by atoms with Gasteiger partial charge in [-0.15, -0.1) is 5.10 Å². The molecule has 5 heteroatoms. The average molecular weight is 237 g/mol. The number of nitrogens with one attached hydrogen (secondary N) is 1. The summed E-state index contributed by atoms with van der Waals surface area (Å²) in [5.74, 6) is -0.468. The van der Waals surface area contributed by atoms with Crippen molar-refractivity contribution in [1.82, 2.24) is 10.2 Å². The normalized spacial score (nSPS) is 12.3. The fourth-order valence-corrected chi connectivity index (χ4v) is 1.17. The molecule has 1 aromatic heterocycles. The Morgan fingerprint density at radius 1 is 1.18 bits per heavy atom. The van der Waals surface area contributed by atoms with E-state index in [-0.39, 0.29) is 5.41 Å². The summed E-state index contributed by atoms with van der Waals surface area (Å²) in [5.41, 5.74) is -0.248. The van der Waals surface area contributed by atoms with Crippen LogP contribution in [0, 0.1) is 0 Å². The molecule has 0 spiro atoms. The van der Waals surface area contributed by atoms with E-state index in [4.69, 9.17) is 5.11 Å². The van der Waals surface area contributed by atoms with Crippen LogP contribution >= 0.6 is 0 Å². The zero-order chi connectivity index (χ0) is 13.3. The van der Waals surface area contributed by atoms with Gasteiger partial charge in [0, 0.05) is 5.41 Å². The van der Waals surface area contributed by atoms with E-state index >= 15 is 0 Å². The minimum atomic E-state index is -1.06. The monoisotopic (exact) mass is 237 g/mol. The number of hydrogen-bond acceptors (Lipinski definition) is 4. The minimum Gasteiger partial charge on any atom is -0.480 e.